The van der Waals surface area contributed by atoms with Gasteiger partial charge in [-0.3, -0.25) is 4.79 Å². The third kappa shape index (κ3) is 4.86. The van der Waals surface area contributed by atoms with E-state index in [2.05, 4.69) is 0 Å². The third-order valence-electron chi connectivity index (χ3n) is 3.59. The number of hydrogen-bond donors (Lipinski definition) is 0. The van der Waals surface area contributed by atoms with E-state index in [0.29, 0.717) is 24.8 Å². The summed E-state index contributed by atoms with van der Waals surface area (Å²) in [5, 5.41) is 0. The second kappa shape index (κ2) is 6.94. The average Bonchev–Trinajstić information content (AvgIpc) is 2.48. The van der Waals surface area contributed by atoms with Crippen molar-refractivity contribution in [2.45, 2.75) is 32.0 Å². The number of carbonyl (C=O) groups is 1. The Morgan fingerprint density at radius 1 is 1.18 bits per heavy atom. The van der Waals surface area contributed by atoms with Crippen LogP contribution in [0.25, 0.3) is 0 Å². The molecule has 0 aliphatic heterocycles. The van der Waals surface area contributed by atoms with Crippen LogP contribution in [-0.2, 0) is 11.3 Å². The molecule has 6 heteroatoms. The Morgan fingerprint density at radius 3 is 2.41 bits per heavy atom. The first-order valence-electron chi connectivity index (χ1n) is 7.10. The number of hydrogen-bond acceptors (Lipinski definition) is 1. The fourth-order valence-corrected chi connectivity index (χ4v) is 2.51. The number of halogens is 4. The molecule has 2 nitrogen and oxygen atoms in total. The summed E-state index contributed by atoms with van der Waals surface area (Å²) in [7, 11) is 0. The molecule has 1 aromatic rings. The summed E-state index contributed by atoms with van der Waals surface area (Å²) in [6.07, 6.45) is 1.03. The van der Waals surface area contributed by atoms with Gasteiger partial charge in [-0.1, -0.05) is 24.3 Å². The number of amides is 1. The molecular weight excluding hydrogens is 298 g/mol. The molecule has 1 aliphatic carbocycles. The minimum atomic E-state index is -4.46. The highest BCUT2D eigenvalue weighted by atomic mass is 19.4. The van der Waals surface area contributed by atoms with E-state index in [-0.39, 0.29) is 6.54 Å². The molecule has 0 spiro atoms. The van der Waals surface area contributed by atoms with Crippen LogP contribution in [0.2, 0.25) is 0 Å². The van der Waals surface area contributed by atoms with Gasteiger partial charge in [-0.2, -0.15) is 13.2 Å². The lowest BCUT2D eigenvalue weighted by atomic mass is 9.93. The molecule has 1 atom stereocenters. The van der Waals surface area contributed by atoms with E-state index in [4.69, 9.17) is 0 Å². The van der Waals surface area contributed by atoms with Crippen LogP contribution < -0.4 is 0 Å². The summed E-state index contributed by atoms with van der Waals surface area (Å²) in [6.45, 7) is -1.46. The number of nitrogens with zero attached hydrogens (tertiary/aromatic N) is 1. The molecule has 22 heavy (non-hydrogen) atoms. The first-order valence-corrected chi connectivity index (χ1v) is 7.10. The van der Waals surface area contributed by atoms with Gasteiger partial charge in [-0.05, 0) is 37.0 Å². The molecule has 1 aliphatic rings. The standard InChI is InChI=1S/C16H17F4NO/c17-14-8-6-12(7-9-14)10-21(11-16(18,19)20)15(22)13-4-2-1-3-5-13/h1-2,6-9,13H,3-5,10-11H2. The SMILES string of the molecule is O=C(C1CC=CCC1)N(Cc1ccc(F)cc1)CC(F)(F)F. The molecule has 1 aromatic carbocycles. The Balaban J connectivity index is 2.12. The zero-order valence-electron chi connectivity index (χ0n) is 11.9. The quantitative estimate of drug-likeness (QED) is 0.606. The maximum absolute atomic E-state index is 12.9. The number of alkyl halides is 3. The first kappa shape index (κ1) is 16.5. The summed E-state index contributed by atoms with van der Waals surface area (Å²) < 4.78 is 51.1. The highest BCUT2D eigenvalue weighted by Crippen LogP contribution is 2.25. The van der Waals surface area contributed by atoms with Crippen LogP contribution in [0.5, 0.6) is 0 Å². The highest BCUT2D eigenvalue weighted by Gasteiger charge is 2.35. The lowest BCUT2D eigenvalue weighted by molar-refractivity contribution is -0.165. The third-order valence-corrected chi connectivity index (χ3v) is 3.59. The molecule has 0 saturated carbocycles. The summed E-state index contributed by atoms with van der Waals surface area (Å²) in [4.78, 5) is 13.2. The predicted molar refractivity (Wildman–Crippen MR) is 74.4 cm³/mol. The largest absolute Gasteiger partial charge is 0.406 e. The number of carbonyl (C=O) groups excluding carboxylic acids is 1. The van der Waals surface area contributed by atoms with Gasteiger partial charge in [0.25, 0.3) is 0 Å². The summed E-state index contributed by atoms with van der Waals surface area (Å²) in [5.74, 6) is -1.37. The molecule has 0 saturated heterocycles. The van der Waals surface area contributed by atoms with Crippen molar-refractivity contribution in [3.63, 3.8) is 0 Å². The van der Waals surface area contributed by atoms with Crippen LogP contribution in [0.15, 0.2) is 36.4 Å². The number of benzene rings is 1. The normalized spacial score (nSPS) is 18.3. The van der Waals surface area contributed by atoms with Gasteiger partial charge in [0.1, 0.15) is 12.4 Å². The molecular formula is C16H17F4NO. The number of allylic oxidation sites excluding steroid dienone is 2. The minimum absolute atomic E-state index is 0.168. The first-order chi connectivity index (χ1) is 10.3. The second-order valence-electron chi connectivity index (χ2n) is 5.42. The number of rotatable bonds is 4. The van der Waals surface area contributed by atoms with Crippen molar-refractivity contribution in [3.8, 4) is 0 Å². The Bertz CT molecular complexity index is 536. The molecule has 0 N–H and O–H groups in total. The lowest BCUT2D eigenvalue weighted by Gasteiger charge is -2.29. The topological polar surface area (TPSA) is 20.3 Å². The van der Waals surface area contributed by atoms with Crippen LogP contribution in [0.1, 0.15) is 24.8 Å². The Morgan fingerprint density at radius 2 is 1.86 bits per heavy atom. The van der Waals surface area contributed by atoms with Gasteiger partial charge in [0, 0.05) is 12.5 Å². The molecule has 0 bridgehead atoms. The van der Waals surface area contributed by atoms with Crippen molar-refractivity contribution in [1.29, 1.82) is 0 Å². The van der Waals surface area contributed by atoms with Crippen molar-refractivity contribution in [2.75, 3.05) is 6.54 Å². The monoisotopic (exact) mass is 315 g/mol. The van der Waals surface area contributed by atoms with Crippen molar-refractivity contribution in [1.82, 2.24) is 4.90 Å². The summed E-state index contributed by atoms with van der Waals surface area (Å²) >= 11 is 0. The molecule has 0 radical (unpaired) electrons. The van der Waals surface area contributed by atoms with Crippen LogP contribution >= 0.6 is 0 Å². The molecule has 0 aromatic heterocycles. The molecule has 1 unspecified atom stereocenters. The van der Waals surface area contributed by atoms with E-state index in [1.165, 1.54) is 24.3 Å². The van der Waals surface area contributed by atoms with Crippen molar-refractivity contribution in [2.24, 2.45) is 5.92 Å². The second-order valence-corrected chi connectivity index (χ2v) is 5.42. The van der Waals surface area contributed by atoms with Gasteiger partial charge in [-0.25, -0.2) is 4.39 Å². The average molecular weight is 315 g/mol. The Labute approximate surface area is 126 Å². The van der Waals surface area contributed by atoms with Gasteiger partial charge in [0.05, 0.1) is 0 Å². The highest BCUT2D eigenvalue weighted by molar-refractivity contribution is 5.79. The van der Waals surface area contributed by atoms with Crippen molar-refractivity contribution >= 4 is 5.91 Å². The van der Waals surface area contributed by atoms with E-state index in [9.17, 15) is 22.4 Å². The van der Waals surface area contributed by atoms with Crippen LogP contribution in [-0.4, -0.2) is 23.5 Å². The van der Waals surface area contributed by atoms with Gasteiger partial charge >= 0.3 is 6.18 Å². The molecule has 1 amide bonds. The Hall–Kier alpha value is -1.85. The molecule has 120 valence electrons. The van der Waals surface area contributed by atoms with Crippen LogP contribution in [0, 0.1) is 11.7 Å². The molecule has 2 rings (SSSR count). The molecule has 0 heterocycles. The smallest absolute Gasteiger partial charge is 0.329 e. The summed E-state index contributed by atoms with van der Waals surface area (Å²) in [5.41, 5.74) is 0.477. The maximum atomic E-state index is 12.9. The van der Waals surface area contributed by atoms with E-state index < -0.39 is 30.4 Å². The molecule has 0 fully saturated rings. The zero-order valence-corrected chi connectivity index (χ0v) is 11.9. The van der Waals surface area contributed by atoms with E-state index in [0.717, 1.165) is 4.90 Å². The summed E-state index contributed by atoms with van der Waals surface area (Å²) in [6, 6.07) is 5.14. The fourth-order valence-electron chi connectivity index (χ4n) is 2.51. The van der Waals surface area contributed by atoms with E-state index in [1.807, 2.05) is 12.2 Å². The van der Waals surface area contributed by atoms with Gasteiger partial charge < -0.3 is 4.90 Å². The van der Waals surface area contributed by atoms with Crippen molar-refractivity contribution in [3.05, 3.63) is 47.8 Å². The minimum Gasteiger partial charge on any atom is -0.329 e. The zero-order chi connectivity index (χ0) is 16.2. The maximum Gasteiger partial charge on any atom is 0.406 e. The predicted octanol–water partition coefficient (Wildman–Crippen LogP) is 4.07. The van der Waals surface area contributed by atoms with Gasteiger partial charge in [0.2, 0.25) is 5.91 Å². The van der Waals surface area contributed by atoms with E-state index >= 15 is 0 Å². The van der Waals surface area contributed by atoms with Crippen molar-refractivity contribution < 1.29 is 22.4 Å². The van der Waals surface area contributed by atoms with Gasteiger partial charge in [-0.15, -0.1) is 0 Å². The Kier molecular flexibility index (Phi) is 5.21. The lowest BCUT2D eigenvalue weighted by Crippen LogP contribution is -2.42. The van der Waals surface area contributed by atoms with Gasteiger partial charge in [0.15, 0.2) is 0 Å². The fraction of sp³-hybridized carbons (Fsp3) is 0.438. The van der Waals surface area contributed by atoms with E-state index in [1.54, 1.807) is 0 Å². The van der Waals surface area contributed by atoms with Crippen LogP contribution in [0.3, 0.4) is 0 Å². The van der Waals surface area contributed by atoms with Crippen LogP contribution in [0.4, 0.5) is 17.6 Å².